The van der Waals surface area contributed by atoms with Crippen LogP contribution in [0, 0.1) is 0 Å². The lowest BCUT2D eigenvalue weighted by Gasteiger charge is -2.19. The van der Waals surface area contributed by atoms with E-state index in [1.165, 1.54) is 14.2 Å². The van der Waals surface area contributed by atoms with Crippen molar-refractivity contribution in [2.45, 2.75) is 6.54 Å². The number of carbonyl (C=O) groups is 1. The summed E-state index contributed by atoms with van der Waals surface area (Å²) in [5, 5.41) is 0.342. The van der Waals surface area contributed by atoms with E-state index in [1.807, 2.05) is 43.3 Å². The first kappa shape index (κ1) is 18.9. The SMILES string of the molecule is COc1cc(C(=O)N(C)Cc2ccc(N(C)C)cc2)cc(Cl)c1OC. The van der Waals surface area contributed by atoms with E-state index in [2.05, 4.69) is 0 Å². The van der Waals surface area contributed by atoms with Crippen molar-refractivity contribution in [1.29, 1.82) is 0 Å². The maximum atomic E-state index is 12.7. The van der Waals surface area contributed by atoms with Gasteiger partial charge in [0.25, 0.3) is 5.91 Å². The highest BCUT2D eigenvalue weighted by Gasteiger charge is 2.18. The highest BCUT2D eigenvalue weighted by atomic mass is 35.5. The molecule has 0 saturated carbocycles. The highest BCUT2D eigenvalue weighted by Crippen LogP contribution is 2.36. The first-order valence-electron chi connectivity index (χ1n) is 7.80. The average molecular weight is 363 g/mol. The predicted octanol–water partition coefficient (Wildman–Crippen LogP) is 3.70. The number of hydrogen-bond donors (Lipinski definition) is 0. The molecular formula is C19H23ClN2O3. The molecule has 0 saturated heterocycles. The first-order chi connectivity index (χ1) is 11.9. The van der Waals surface area contributed by atoms with Crippen molar-refractivity contribution in [2.75, 3.05) is 40.3 Å². The van der Waals surface area contributed by atoms with E-state index in [0.717, 1.165) is 11.3 Å². The topological polar surface area (TPSA) is 42.0 Å². The number of hydrogen-bond acceptors (Lipinski definition) is 4. The zero-order valence-electron chi connectivity index (χ0n) is 15.2. The number of nitrogens with zero attached hydrogens (tertiary/aromatic N) is 2. The Morgan fingerprint density at radius 1 is 1.04 bits per heavy atom. The molecule has 0 aliphatic carbocycles. The van der Waals surface area contributed by atoms with Crippen molar-refractivity contribution in [3.05, 3.63) is 52.5 Å². The van der Waals surface area contributed by atoms with Gasteiger partial charge in [0.15, 0.2) is 11.5 Å². The number of anilines is 1. The molecule has 0 spiro atoms. The van der Waals surface area contributed by atoms with Crippen LogP contribution in [-0.4, -0.2) is 46.2 Å². The quantitative estimate of drug-likeness (QED) is 0.785. The van der Waals surface area contributed by atoms with Crippen LogP contribution in [0.25, 0.3) is 0 Å². The lowest BCUT2D eigenvalue weighted by atomic mass is 10.1. The third-order valence-electron chi connectivity index (χ3n) is 3.90. The van der Waals surface area contributed by atoms with E-state index in [0.29, 0.717) is 28.6 Å². The molecule has 6 heteroatoms. The van der Waals surface area contributed by atoms with Crippen LogP contribution < -0.4 is 14.4 Å². The molecule has 0 bridgehead atoms. The number of halogens is 1. The van der Waals surface area contributed by atoms with Gasteiger partial charge in [-0.15, -0.1) is 0 Å². The predicted molar refractivity (Wildman–Crippen MR) is 101 cm³/mol. The van der Waals surface area contributed by atoms with E-state index in [9.17, 15) is 4.79 Å². The van der Waals surface area contributed by atoms with Crippen molar-refractivity contribution < 1.29 is 14.3 Å². The smallest absolute Gasteiger partial charge is 0.254 e. The zero-order valence-corrected chi connectivity index (χ0v) is 15.9. The fourth-order valence-electron chi connectivity index (χ4n) is 2.51. The van der Waals surface area contributed by atoms with Gasteiger partial charge in [0, 0.05) is 38.9 Å². The molecule has 0 aliphatic rings. The monoisotopic (exact) mass is 362 g/mol. The third-order valence-corrected chi connectivity index (χ3v) is 4.18. The number of ether oxygens (including phenoxy) is 2. The van der Waals surface area contributed by atoms with Crippen LogP contribution in [0.1, 0.15) is 15.9 Å². The molecule has 0 unspecified atom stereocenters. The molecule has 0 atom stereocenters. The van der Waals surface area contributed by atoms with Gasteiger partial charge in [-0.05, 0) is 29.8 Å². The number of amides is 1. The van der Waals surface area contributed by atoms with Gasteiger partial charge >= 0.3 is 0 Å². The Morgan fingerprint density at radius 3 is 2.20 bits per heavy atom. The van der Waals surface area contributed by atoms with Gasteiger partial charge in [-0.25, -0.2) is 0 Å². The zero-order chi connectivity index (χ0) is 18.6. The molecule has 0 aliphatic heterocycles. The molecule has 0 N–H and O–H groups in total. The lowest BCUT2D eigenvalue weighted by molar-refractivity contribution is 0.0784. The minimum atomic E-state index is -0.139. The average Bonchev–Trinajstić information content (AvgIpc) is 2.60. The summed E-state index contributed by atoms with van der Waals surface area (Å²) in [7, 11) is 8.76. The van der Waals surface area contributed by atoms with Crippen molar-refractivity contribution in [3.63, 3.8) is 0 Å². The number of rotatable bonds is 6. The van der Waals surface area contributed by atoms with E-state index in [4.69, 9.17) is 21.1 Å². The Bertz CT molecular complexity index is 745. The summed E-state index contributed by atoms with van der Waals surface area (Å²) < 4.78 is 10.5. The molecule has 0 radical (unpaired) electrons. The minimum Gasteiger partial charge on any atom is -0.493 e. The van der Waals surface area contributed by atoms with Gasteiger partial charge in [0.05, 0.1) is 19.2 Å². The Hall–Kier alpha value is -2.40. The molecule has 134 valence electrons. The Morgan fingerprint density at radius 2 is 1.68 bits per heavy atom. The van der Waals surface area contributed by atoms with E-state index >= 15 is 0 Å². The second-order valence-electron chi connectivity index (χ2n) is 5.92. The summed E-state index contributed by atoms with van der Waals surface area (Å²) in [4.78, 5) is 16.4. The van der Waals surface area contributed by atoms with Crippen molar-refractivity contribution in [3.8, 4) is 11.5 Å². The van der Waals surface area contributed by atoms with Crippen LogP contribution in [-0.2, 0) is 6.54 Å². The summed E-state index contributed by atoms with van der Waals surface area (Å²) in [6.07, 6.45) is 0. The Kier molecular flexibility index (Phi) is 6.15. The Labute approximate surface area is 153 Å². The Balaban J connectivity index is 2.18. The molecule has 0 aromatic heterocycles. The summed E-state index contributed by atoms with van der Waals surface area (Å²) in [5.41, 5.74) is 2.62. The lowest BCUT2D eigenvalue weighted by Crippen LogP contribution is -2.26. The second-order valence-corrected chi connectivity index (χ2v) is 6.32. The molecule has 2 aromatic carbocycles. The normalized spacial score (nSPS) is 10.3. The number of benzene rings is 2. The molecule has 5 nitrogen and oxygen atoms in total. The minimum absolute atomic E-state index is 0.139. The maximum Gasteiger partial charge on any atom is 0.254 e. The standard InChI is InChI=1S/C19H23ClN2O3/c1-21(2)15-8-6-13(7-9-15)12-22(3)19(23)14-10-16(20)18(25-5)17(11-14)24-4/h6-11H,12H2,1-5H3. The van der Waals surface area contributed by atoms with Gasteiger partial charge in [0.2, 0.25) is 0 Å². The van der Waals surface area contributed by atoms with E-state index in [-0.39, 0.29) is 5.91 Å². The first-order valence-corrected chi connectivity index (χ1v) is 8.18. The number of carbonyl (C=O) groups excluding carboxylic acids is 1. The second kappa shape index (κ2) is 8.12. The summed E-state index contributed by atoms with van der Waals surface area (Å²) in [6, 6.07) is 11.3. The fraction of sp³-hybridized carbons (Fsp3) is 0.316. The molecule has 1 amide bonds. The van der Waals surface area contributed by atoms with Crippen LogP contribution in [0.5, 0.6) is 11.5 Å². The molecule has 25 heavy (non-hydrogen) atoms. The van der Waals surface area contributed by atoms with Gasteiger partial charge in [-0.2, -0.15) is 0 Å². The van der Waals surface area contributed by atoms with Crippen molar-refractivity contribution in [1.82, 2.24) is 4.90 Å². The van der Waals surface area contributed by atoms with E-state index < -0.39 is 0 Å². The summed E-state index contributed by atoms with van der Waals surface area (Å²) >= 11 is 6.19. The summed E-state index contributed by atoms with van der Waals surface area (Å²) in [6.45, 7) is 0.499. The molecule has 2 aromatic rings. The van der Waals surface area contributed by atoms with Gasteiger partial charge in [0.1, 0.15) is 0 Å². The van der Waals surface area contributed by atoms with Crippen LogP contribution in [0.2, 0.25) is 5.02 Å². The van der Waals surface area contributed by atoms with Crippen LogP contribution in [0.4, 0.5) is 5.69 Å². The van der Waals surface area contributed by atoms with Gasteiger partial charge < -0.3 is 19.3 Å². The molecule has 0 heterocycles. The van der Waals surface area contributed by atoms with Crippen molar-refractivity contribution in [2.24, 2.45) is 0 Å². The van der Waals surface area contributed by atoms with Gasteiger partial charge in [-0.3, -0.25) is 4.79 Å². The fourth-order valence-corrected chi connectivity index (χ4v) is 2.79. The van der Waals surface area contributed by atoms with Crippen LogP contribution in [0.3, 0.4) is 0 Å². The highest BCUT2D eigenvalue weighted by molar-refractivity contribution is 6.32. The number of methoxy groups -OCH3 is 2. The van der Waals surface area contributed by atoms with E-state index in [1.54, 1.807) is 24.1 Å². The third kappa shape index (κ3) is 4.37. The molecule has 0 fully saturated rings. The van der Waals surface area contributed by atoms with Crippen LogP contribution in [0.15, 0.2) is 36.4 Å². The maximum absolute atomic E-state index is 12.7. The van der Waals surface area contributed by atoms with Gasteiger partial charge in [-0.1, -0.05) is 23.7 Å². The van der Waals surface area contributed by atoms with Crippen LogP contribution >= 0.6 is 11.6 Å². The largest absolute Gasteiger partial charge is 0.493 e. The molecular weight excluding hydrogens is 340 g/mol. The van der Waals surface area contributed by atoms with Crippen molar-refractivity contribution >= 4 is 23.2 Å². The summed E-state index contributed by atoms with van der Waals surface area (Å²) in [5.74, 6) is 0.712. The molecule has 2 rings (SSSR count).